The topological polar surface area (TPSA) is 151 Å². The Balaban J connectivity index is 1.14. The van der Waals surface area contributed by atoms with Crippen LogP contribution < -0.4 is 10.7 Å². The highest BCUT2D eigenvalue weighted by molar-refractivity contribution is 7.10. The molecule has 6 heterocycles. The molecule has 5 aromatic rings. The second-order valence-electron chi connectivity index (χ2n) is 20.0. The predicted octanol–water partition coefficient (Wildman–Crippen LogP) is 8.69. The zero-order chi connectivity index (χ0) is 49.1. The first-order valence-corrected chi connectivity index (χ1v) is 25.4. The van der Waals surface area contributed by atoms with Gasteiger partial charge in [-0.1, -0.05) is 58.4 Å². The Bertz CT molecular complexity index is 2680. The molecule has 0 unspecified atom stereocenters. The lowest BCUT2D eigenvalue weighted by atomic mass is 9.84. The Morgan fingerprint density at radius 3 is 2.61 bits per heavy atom. The number of carbonyl (C=O) groups excluding carboxylic acids is 4. The molecule has 16 heteroatoms. The number of hydrogen-bond acceptors (Lipinski definition) is 10. The van der Waals surface area contributed by atoms with Crippen molar-refractivity contribution in [2.24, 2.45) is 11.3 Å². The van der Waals surface area contributed by atoms with E-state index in [4.69, 9.17) is 19.4 Å². The first kappa shape index (κ1) is 49.7. The minimum absolute atomic E-state index is 0.0704. The van der Waals surface area contributed by atoms with Crippen molar-refractivity contribution in [2.75, 3.05) is 40.4 Å². The summed E-state index contributed by atoms with van der Waals surface area (Å²) in [6.45, 7) is 14.0. The number of fused-ring (bicyclic) bond motifs is 6. The van der Waals surface area contributed by atoms with Crippen LogP contribution in [0.3, 0.4) is 0 Å². The number of rotatable bonds is 9. The van der Waals surface area contributed by atoms with E-state index in [-0.39, 0.29) is 42.8 Å². The molecule has 69 heavy (non-hydrogen) atoms. The maximum absolute atomic E-state index is 15.0. The van der Waals surface area contributed by atoms with Crippen molar-refractivity contribution in [3.63, 3.8) is 0 Å². The minimum Gasteiger partial charge on any atom is -0.464 e. The van der Waals surface area contributed by atoms with Crippen molar-refractivity contribution in [2.45, 2.75) is 123 Å². The Hall–Kier alpha value is -5.71. The van der Waals surface area contributed by atoms with Crippen LogP contribution in [0.25, 0.3) is 33.4 Å². The van der Waals surface area contributed by atoms with E-state index >= 15 is 0 Å². The highest BCUT2D eigenvalue weighted by atomic mass is 32.1. The van der Waals surface area contributed by atoms with Gasteiger partial charge in [-0.05, 0) is 93.3 Å². The van der Waals surface area contributed by atoms with E-state index in [9.17, 15) is 23.6 Å². The van der Waals surface area contributed by atoms with Crippen molar-refractivity contribution in [1.29, 1.82) is 0 Å². The first-order chi connectivity index (χ1) is 33.1. The molecular formula is C53H67FN8O6S. The average molecular weight is 963 g/mol. The molecule has 3 aromatic heterocycles. The number of thiazole rings is 1. The third kappa shape index (κ3) is 10.6. The number of hydrogen-bond donors (Lipinski definition) is 2. The molecule has 2 N–H and O–H groups in total. The fourth-order valence-electron chi connectivity index (χ4n) is 10.5. The number of urea groups is 1. The number of aryl methyl sites for hydroxylation is 1. The van der Waals surface area contributed by atoms with Gasteiger partial charge in [0.2, 0.25) is 5.91 Å². The molecule has 2 fully saturated rings. The highest BCUT2D eigenvalue weighted by Crippen LogP contribution is 2.42. The SMILES string of the molecule is CCn1c(-c2cccnc2[C@H](C)OC)c2c3cc(ccc31)-c1csc(n1)C[C@H](NC(=O)[C@H](C(C)C)N(C)C(=O)N1CCCC[C@H](c3ccccc3F)C1)C(=O)N1CCC[C@H](N1)C(=O)OCC(C)(C)C2. The number of aromatic nitrogens is 3. The van der Waals surface area contributed by atoms with Crippen LogP contribution in [-0.4, -0.2) is 112 Å². The van der Waals surface area contributed by atoms with E-state index in [0.29, 0.717) is 56.0 Å². The zero-order valence-electron chi connectivity index (χ0n) is 41.2. The number of carbonyl (C=O) groups is 4. The molecular weight excluding hydrogens is 896 g/mol. The predicted molar refractivity (Wildman–Crippen MR) is 266 cm³/mol. The number of benzene rings is 2. The van der Waals surface area contributed by atoms with Crippen LogP contribution in [0.15, 0.2) is 66.2 Å². The standard InChI is InChI=1S/C53H67FN8O6S/c1-9-61-44-22-21-34-26-38(44)39(48(61)37-18-14-23-55-46(37)33(4)67-8)28-53(5,6)31-68-51(65)41-20-15-25-62(58-41)50(64)42(27-45-56-43(34)30-69-45)57-49(63)47(32(2)3)59(7)52(66)60-24-13-12-16-35(29-60)36-17-10-11-19-40(36)54/h10-11,14,17-19,21-23,26,30,32-33,35,41-42,47,58H,9,12-13,15-16,20,24-25,27-29,31H2,1-8H3,(H,57,63)/t33-,35-,41-,42-,47-/m0/s1. The molecule has 5 atom stereocenters. The number of methoxy groups -OCH3 is 1. The van der Waals surface area contributed by atoms with Crippen LogP contribution >= 0.6 is 11.3 Å². The molecule has 14 nitrogen and oxygen atoms in total. The molecule has 8 rings (SSSR count). The fraction of sp³-hybridized carbons (Fsp3) is 0.509. The van der Waals surface area contributed by atoms with Gasteiger partial charge in [-0.3, -0.25) is 24.4 Å². The summed E-state index contributed by atoms with van der Waals surface area (Å²) in [5.74, 6) is -2.17. The lowest BCUT2D eigenvalue weighted by Crippen LogP contribution is -2.62. The van der Waals surface area contributed by atoms with Crippen LogP contribution in [0.1, 0.15) is 107 Å². The smallest absolute Gasteiger partial charge is 0.324 e. The second kappa shape index (κ2) is 21.1. The van der Waals surface area contributed by atoms with Crippen LogP contribution in [-0.2, 0) is 43.2 Å². The van der Waals surface area contributed by atoms with Gasteiger partial charge < -0.3 is 29.2 Å². The number of cyclic esters (lactones) is 1. The maximum atomic E-state index is 15.0. The summed E-state index contributed by atoms with van der Waals surface area (Å²) in [7, 11) is 3.30. The quantitative estimate of drug-likeness (QED) is 0.138. The average Bonchev–Trinajstić information content (AvgIpc) is 3.84. The van der Waals surface area contributed by atoms with E-state index in [1.165, 1.54) is 27.3 Å². The van der Waals surface area contributed by atoms with Gasteiger partial charge in [-0.25, -0.2) is 19.6 Å². The van der Waals surface area contributed by atoms with Crippen molar-refractivity contribution in [3.8, 4) is 22.5 Å². The number of likely N-dealkylation sites (tertiary alicyclic amines) is 1. The Morgan fingerprint density at radius 1 is 1.06 bits per heavy atom. The number of ether oxygens (including phenoxy) is 2. The van der Waals surface area contributed by atoms with Gasteiger partial charge in [0.1, 0.15) is 23.9 Å². The molecule has 0 saturated carbocycles. The summed E-state index contributed by atoms with van der Waals surface area (Å²) >= 11 is 1.41. The van der Waals surface area contributed by atoms with Crippen LogP contribution in [0.5, 0.6) is 0 Å². The van der Waals surface area contributed by atoms with Gasteiger partial charge in [0.25, 0.3) is 5.91 Å². The van der Waals surface area contributed by atoms with Gasteiger partial charge >= 0.3 is 12.0 Å². The number of hydrazine groups is 1. The molecule has 0 spiro atoms. The number of esters is 1. The molecule has 4 amide bonds. The minimum atomic E-state index is -1.09. The van der Waals surface area contributed by atoms with Gasteiger partial charge in [-0.2, -0.15) is 0 Å². The summed E-state index contributed by atoms with van der Waals surface area (Å²) in [5.41, 5.74) is 9.85. The normalized spacial score (nSPS) is 21.0. The van der Waals surface area contributed by atoms with Gasteiger partial charge in [-0.15, -0.1) is 11.3 Å². The molecule has 3 aliphatic heterocycles. The summed E-state index contributed by atoms with van der Waals surface area (Å²) in [6, 6.07) is 14.0. The summed E-state index contributed by atoms with van der Waals surface area (Å²) in [4.78, 5) is 70.8. The van der Waals surface area contributed by atoms with Crippen molar-refractivity contribution >= 4 is 46.1 Å². The van der Waals surface area contributed by atoms with Crippen molar-refractivity contribution < 1.29 is 33.0 Å². The zero-order valence-corrected chi connectivity index (χ0v) is 42.0. The van der Waals surface area contributed by atoms with Crippen LogP contribution in [0.4, 0.5) is 9.18 Å². The van der Waals surface area contributed by atoms with Crippen LogP contribution in [0.2, 0.25) is 0 Å². The number of pyridine rings is 1. The monoisotopic (exact) mass is 962 g/mol. The first-order valence-electron chi connectivity index (χ1n) is 24.5. The lowest BCUT2D eigenvalue weighted by molar-refractivity contribution is -0.155. The van der Waals surface area contributed by atoms with E-state index in [1.807, 2.05) is 38.3 Å². The molecule has 0 radical (unpaired) electrons. The largest absolute Gasteiger partial charge is 0.464 e. The fourth-order valence-corrected chi connectivity index (χ4v) is 11.3. The van der Waals surface area contributed by atoms with Crippen molar-refractivity contribution in [1.82, 2.24) is 40.1 Å². The summed E-state index contributed by atoms with van der Waals surface area (Å²) in [5, 5.41) is 8.14. The van der Waals surface area contributed by atoms with E-state index < -0.39 is 41.3 Å². The second-order valence-corrected chi connectivity index (χ2v) is 21.0. The van der Waals surface area contributed by atoms with Gasteiger partial charge in [0.15, 0.2) is 0 Å². The van der Waals surface area contributed by atoms with Gasteiger partial charge in [0.05, 0.1) is 34.8 Å². The number of amides is 4. The molecule has 368 valence electrons. The Kier molecular flexibility index (Phi) is 15.2. The number of likely N-dealkylation sites (N-methyl/N-ethyl adjacent to an activating group) is 1. The Labute approximate surface area is 408 Å². The lowest BCUT2D eigenvalue weighted by Gasteiger charge is -2.37. The molecule has 0 aliphatic carbocycles. The molecule has 2 saturated heterocycles. The Morgan fingerprint density at radius 2 is 1.86 bits per heavy atom. The summed E-state index contributed by atoms with van der Waals surface area (Å²) < 4.78 is 29.2. The van der Waals surface area contributed by atoms with E-state index in [0.717, 1.165) is 63.9 Å². The van der Waals surface area contributed by atoms with Crippen LogP contribution in [0, 0.1) is 17.2 Å². The maximum Gasteiger partial charge on any atom is 0.324 e. The van der Waals surface area contributed by atoms with Gasteiger partial charge in [0, 0.05) is 91.7 Å². The molecule has 3 aliphatic rings. The third-order valence-electron chi connectivity index (χ3n) is 14.1. The number of nitrogens with one attached hydrogen (secondary N) is 2. The highest BCUT2D eigenvalue weighted by Gasteiger charge is 2.39. The van der Waals surface area contributed by atoms with E-state index in [1.54, 1.807) is 37.4 Å². The molecule has 2 aromatic carbocycles. The summed E-state index contributed by atoms with van der Waals surface area (Å²) in [6.07, 6.45) is 5.52. The molecule has 6 bridgehead atoms. The number of nitrogens with zero attached hydrogens (tertiary/aromatic N) is 6. The number of halogens is 1. The third-order valence-corrected chi connectivity index (χ3v) is 14.9. The van der Waals surface area contributed by atoms with E-state index in [2.05, 4.69) is 60.3 Å². The van der Waals surface area contributed by atoms with Crippen molar-refractivity contribution in [3.05, 3.63) is 93.8 Å².